The molecule has 13 heavy (non-hydrogen) atoms. The van der Waals surface area contributed by atoms with E-state index in [0.717, 1.165) is 0 Å². The molecule has 0 saturated carbocycles. The minimum absolute atomic E-state index is 0.128. The van der Waals surface area contributed by atoms with Crippen LogP contribution in [0.15, 0.2) is 29.2 Å². The fourth-order valence-electron chi connectivity index (χ4n) is 0.858. The molecule has 0 bridgehead atoms. The Balaban J connectivity index is 3.02. The van der Waals surface area contributed by atoms with E-state index in [1.54, 1.807) is 6.92 Å². The SMILES string of the molecule is CCOS(=O)(=O)c1ccc(N)cc1. The van der Waals surface area contributed by atoms with Crippen molar-refractivity contribution in [1.29, 1.82) is 0 Å². The van der Waals surface area contributed by atoms with Crippen LogP contribution in [0.5, 0.6) is 0 Å². The summed E-state index contributed by atoms with van der Waals surface area (Å²) in [5, 5.41) is 0. The molecule has 72 valence electrons. The van der Waals surface area contributed by atoms with Gasteiger partial charge in [0.15, 0.2) is 0 Å². The molecule has 0 aliphatic carbocycles. The molecule has 0 fully saturated rings. The lowest BCUT2D eigenvalue weighted by atomic mass is 10.3. The molecule has 0 aromatic heterocycles. The third kappa shape index (κ3) is 2.43. The lowest BCUT2D eigenvalue weighted by molar-refractivity contribution is 0.338. The maximum atomic E-state index is 11.3. The average Bonchev–Trinajstić information content (AvgIpc) is 2.05. The van der Waals surface area contributed by atoms with Crippen molar-refractivity contribution in [2.75, 3.05) is 12.3 Å². The Bertz CT molecular complexity index is 369. The van der Waals surface area contributed by atoms with Crippen molar-refractivity contribution < 1.29 is 12.6 Å². The molecule has 0 radical (unpaired) electrons. The van der Waals surface area contributed by atoms with Gasteiger partial charge in [0.1, 0.15) is 0 Å². The molecular weight excluding hydrogens is 190 g/mol. The molecule has 2 N–H and O–H groups in total. The fraction of sp³-hybridized carbons (Fsp3) is 0.250. The van der Waals surface area contributed by atoms with Crippen molar-refractivity contribution in [2.45, 2.75) is 11.8 Å². The van der Waals surface area contributed by atoms with Crippen molar-refractivity contribution >= 4 is 15.8 Å². The maximum Gasteiger partial charge on any atom is 0.296 e. The molecule has 0 aliphatic rings. The van der Waals surface area contributed by atoms with Gasteiger partial charge in [-0.05, 0) is 31.2 Å². The third-order valence-electron chi connectivity index (χ3n) is 1.44. The number of nitrogen functional groups attached to an aromatic ring is 1. The van der Waals surface area contributed by atoms with E-state index in [4.69, 9.17) is 5.73 Å². The van der Waals surface area contributed by atoms with Gasteiger partial charge in [-0.15, -0.1) is 0 Å². The first kappa shape index (κ1) is 10.0. The van der Waals surface area contributed by atoms with Crippen LogP contribution in [0.4, 0.5) is 5.69 Å². The van der Waals surface area contributed by atoms with Crippen LogP contribution >= 0.6 is 0 Å². The van der Waals surface area contributed by atoms with Crippen molar-refractivity contribution in [3.63, 3.8) is 0 Å². The monoisotopic (exact) mass is 201 g/mol. The van der Waals surface area contributed by atoms with Crippen LogP contribution in [0.25, 0.3) is 0 Å². The van der Waals surface area contributed by atoms with Gasteiger partial charge in [-0.1, -0.05) is 0 Å². The number of rotatable bonds is 3. The Kier molecular flexibility index (Phi) is 2.90. The van der Waals surface area contributed by atoms with Crippen molar-refractivity contribution in [1.82, 2.24) is 0 Å². The summed E-state index contributed by atoms with van der Waals surface area (Å²) in [5.41, 5.74) is 5.93. The van der Waals surface area contributed by atoms with Gasteiger partial charge < -0.3 is 5.73 Å². The highest BCUT2D eigenvalue weighted by Gasteiger charge is 2.12. The van der Waals surface area contributed by atoms with Crippen molar-refractivity contribution in [2.24, 2.45) is 0 Å². The largest absolute Gasteiger partial charge is 0.399 e. The normalized spacial score (nSPS) is 11.5. The quantitative estimate of drug-likeness (QED) is 0.585. The standard InChI is InChI=1S/C8H11NO3S/c1-2-12-13(10,11)8-5-3-7(9)4-6-8/h3-6H,2,9H2,1H3. The van der Waals surface area contributed by atoms with Crippen LogP contribution in [-0.4, -0.2) is 15.0 Å². The minimum Gasteiger partial charge on any atom is -0.399 e. The van der Waals surface area contributed by atoms with Crippen molar-refractivity contribution in [3.8, 4) is 0 Å². The molecular formula is C8H11NO3S. The van der Waals surface area contributed by atoms with Crippen LogP contribution in [0, 0.1) is 0 Å². The van der Waals surface area contributed by atoms with Gasteiger partial charge in [0, 0.05) is 5.69 Å². The van der Waals surface area contributed by atoms with Crippen LogP contribution in [0.3, 0.4) is 0 Å². The Morgan fingerprint density at radius 2 is 1.85 bits per heavy atom. The van der Waals surface area contributed by atoms with E-state index in [0.29, 0.717) is 5.69 Å². The summed E-state index contributed by atoms with van der Waals surface area (Å²) in [4.78, 5) is 0.128. The van der Waals surface area contributed by atoms with E-state index in [1.807, 2.05) is 0 Å². The molecule has 1 aromatic carbocycles. The molecule has 0 heterocycles. The predicted molar refractivity (Wildman–Crippen MR) is 49.7 cm³/mol. The fourth-order valence-corrected chi connectivity index (χ4v) is 1.77. The summed E-state index contributed by atoms with van der Waals surface area (Å²) >= 11 is 0. The summed E-state index contributed by atoms with van der Waals surface area (Å²) in [6, 6.07) is 5.87. The second-order valence-electron chi connectivity index (χ2n) is 2.43. The zero-order valence-corrected chi connectivity index (χ0v) is 8.04. The zero-order valence-electron chi connectivity index (χ0n) is 7.23. The second-order valence-corrected chi connectivity index (χ2v) is 4.05. The van der Waals surface area contributed by atoms with Gasteiger partial charge in [0.25, 0.3) is 10.1 Å². The lowest BCUT2D eigenvalue weighted by Crippen LogP contribution is -2.05. The maximum absolute atomic E-state index is 11.3. The Hall–Kier alpha value is -1.07. The summed E-state index contributed by atoms with van der Waals surface area (Å²) in [5.74, 6) is 0. The molecule has 0 amide bonds. The number of anilines is 1. The summed E-state index contributed by atoms with van der Waals surface area (Å²) in [7, 11) is -3.58. The molecule has 0 aliphatic heterocycles. The van der Waals surface area contributed by atoms with E-state index in [-0.39, 0.29) is 11.5 Å². The van der Waals surface area contributed by atoms with Gasteiger partial charge in [-0.25, -0.2) is 0 Å². The Labute approximate surface area is 77.4 Å². The first-order valence-corrected chi connectivity index (χ1v) is 5.22. The van der Waals surface area contributed by atoms with Gasteiger partial charge in [-0.2, -0.15) is 8.42 Å². The van der Waals surface area contributed by atoms with Crippen LogP contribution in [-0.2, 0) is 14.3 Å². The first-order valence-electron chi connectivity index (χ1n) is 3.81. The highest BCUT2D eigenvalue weighted by molar-refractivity contribution is 7.86. The van der Waals surface area contributed by atoms with Gasteiger partial charge >= 0.3 is 0 Å². The topological polar surface area (TPSA) is 69.4 Å². The van der Waals surface area contributed by atoms with E-state index in [2.05, 4.69) is 4.18 Å². The van der Waals surface area contributed by atoms with E-state index < -0.39 is 10.1 Å². The number of hydrogen-bond donors (Lipinski definition) is 1. The molecule has 0 atom stereocenters. The zero-order chi connectivity index (χ0) is 9.90. The molecule has 4 nitrogen and oxygen atoms in total. The summed E-state index contributed by atoms with van der Waals surface area (Å²) in [6.07, 6.45) is 0. The number of hydrogen-bond acceptors (Lipinski definition) is 4. The van der Waals surface area contributed by atoms with Crippen LogP contribution in [0.1, 0.15) is 6.92 Å². The average molecular weight is 201 g/mol. The summed E-state index contributed by atoms with van der Waals surface area (Å²) in [6.45, 7) is 1.75. The van der Waals surface area contributed by atoms with Crippen LogP contribution < -0.4 is 5.73 Å². The van der Waals surface area contributed by atoms with E-state index in [1.165, 1.54) is 24.3 Å². The molecule has 0 saturated heterocycles. The van der Waals surface area contributed by atoms with Gasteiger partial charge in [-0.3, -0.25) is 4.18 Å². The Morgan fingerprint density at radius 3 is 2.31 bits per heavy atom. The van der Waals surface area contributed by atoms with E-state index in [9.17, 15) is 8.42 Å². The van der Waals surface area contributed by atoms with Gasteiger partial charge in [0.2, 0.25) is 0 Å². The molecule has 1 rings (SSSR count). The number of benzene rings is 1. The highest BCUT2D eigenvalue weighted by Crippen LogP contribution is 2.13. The lowest BCUT2D eigenvalue weighted by Gasteiger charge is -2.02. The second kappa shape index (κ2) is 3.76. The molecule has 1 aromatic rings. The highest BCUT2D eigenvalue weighted by atomic mass is 32.2. The molecule has 5 heteroatoms. The smallest absolute Gasteiger partial charge is 0.296 e. The van der Waals surface area contributed by atoms with Gasteiger partial charge in [0.05, 0.1) is 11.5 Å². The third-order valence-corrected chi connectivity index (χ3v) is 2.84. The number of nitrogens with two attached hydrogens (primary N) is 1. The molecule has 0 unspecified atom stereocenters. The minimum atomic E-state index is -3.58. The summed E-state index contributed by atoms with van der Waals surface area (Å²) < 4.78 is 27.1. The molecule has 0 spiro atoms. The van der Waals surface area contributed by atoms with E-state index >= 15 is 0 Å². The first-order chi connectivity index (χ1) is 6.06. The van der Waals surface area contributed by atoms with Crippen molar-refractivity contribution in [3.05, 3.63) is 24.3 Å². The predicted octanol–water partition coefficient (Wildman–Crippen LogP) is 0.994. The Morgan fingerprint density at radius 1 is 1.31 bits per heavy atom. The van der Waals surface area contributed by atoms with Crippen LogP contribution in [0.2, 0.25) is 0 Å².